The van der Waals surface area contributed by atoms with Crippen LogP contribution in [0.3, 0.4) is 0 Å². The molecule has 0 fully saturated rings. The van der Waals surface area contributed by atoms with Crippen LogP contribution >= 0.6 is 15.9 Å². The highest BCUT2D eigenvalue weighted by Crippen LogP contribution is 2.33. The minimum Gasteiger partial charge on any atom is -0.612 e. The van der Waals surface area contributed by atoms with Crippen LogP contribution in [0.4, 0.5) is 0 Å². The maximum atomic E-state index is 13.5. The Labute approximate surface area is 197 Å². The molecule has 0 saturated carbocycles. The molecule has 32 heavy (non-hydrogen) atoms. The molecular formula is C25H20BrNO4S. The molecule has 0 aliphatic carbocycles. The second kappa shape index (κ2) is 9.32. The van der Waals surface area contributed by atoms with Crippen molar-refractivity contribution in [1.82, 2.24) is 4.57 Å². The van der Waals surface area contributed by atoms with Crippen LogP contribution in [0.1, 0.15) is 16.1 Å². The Kier molecular flexibility index (Phi) is 6.50. The van der Waals surface area contributed by atoms with Crippen LogP contribution in [-0.2, 0) is 22.5 Å². The number of fused-ring (bicyclic) bond motifs is 1. The molecule has 0 bridgehead atoms. The molecule has 4 aromatic rings. The Hall–Kier alpha value is -2.87. The lowest BCUT2D eigenvalue weighted by Crippen LogP contribution is -2.28. The van der Waals surface area contributed by atoms with Crippen molar-refractivity contribution in [3.05, 3.63) is 98.9 Å². The summed E-state index contributed by atoms with van der Waals surface area (Å²) in [5.74, 6) is -0.589. The molecule has 1 atom stereocenters. The van der Waals surface area contributed by atoms with Gasteiger partial charge in [-0.05, 0) is 58.0 Å². The number of nitrogens with zero attached hydrogens (tertiary/aromatic N) is 1. The molecule has 1 aromatic heterocycles. The first-order chi connectivity index (χ1) is 15.4. The fourth-order valence-electron chi connectivity index (χ4n) is 3.75. The molecular weight excluding hydrogens is 490 g/mol. The highest BCUT2D eigenvalue weighted by atomic mass is 79.9. The summed E-state index contributed by atoms with van der Waals surface area (Å²) >= 11 is 2.39. The van der Waals surface area contributed by atoms with Crippen LogP contribution in [-0.4, -0.2) is 28.5 Å². The highest BCUT2D eigenvalue weighted by molar-refractivity contribution is 9.10. The van der Waals surface area contributed by atoms with Crippen molar-refractivity contribution in [3.63, 3.8) is 0 Å². The van der Waals surface area contributed by atoms with Gasteiger partial charge < -0.3 is 9.29 Å². The van der Waals surface area contributed by atoms with Crippen molar-refractivity contribution in [2.24, 2.45) is 0 Å². The van der Waals surface area contributed by atoms with Crippen molar-refractivity contribution in [2.45, 2.75) is 11.4 Å². The number of hydrogen-bond acceptors (Lipinski definition) is 4. The Balaban J connectivity index is 2.03. The number of halogens is 1. The van der Waals surface area contributed by atoms with Gasteiger partial charge in [-0.15, -0.1) is 0 Å². The van der Waals surface area contributed by atoms with Crippen molar-refractivity contribution in [3.8, 4) is 11.1 Å². The van der Waals surface area contributed by atoms with Crippen molar-refractivity contribution >= 4 is 43.8 Å². The molecule has 0 N–H and O–H groups in total. The lowest BCUT2D eigenvalue weighted by molar-refractivity contribution is 0.0588. The van der Waals surface area contributed by atoms with Crippen LogP contribution in [0.5, 0.6) is 0 Å². The molecule has 0 aliphatic rings. The number of carbonyl (C=O) groups excluding carboxylic acids is 1. The normalized spacial score (nSPS) is 12.0. The van der Waals surface area contributed by atoms with Gasteiger partial charge in [-0.25, -0.2) is 4.79 Å². The van der Waals surface area contributed by atoms with E-state index in [1.807, 2.05) is 54.6 Å². The number of ether oxygens (including phenoxy) is 1. The Morgan fingerprint density at radius 1 is 1.03 bits per heavy atom. The second-order valence-corrected chi connectivity index (χ2v) is 9.56. The van der Waals surface area contributed by atoms with Gasteiger partial charge in [-0.1, -0.05) is 58.4 Å². The minimum atomic E-state index is -1.10. The molecule has 0 aliphatic heterocycles. The number of pyridine rings is 1. The molecule has 0 saturated heterocycles. The SMILES string of the molecule is COC(=O)c1c(-c2ccccc2)c2cc(Br)ccc2c(=O)n1Cc1ccc([S+](C)[O-])cc1. The quantitative estimate of drug-likeness (QED) is 0.280. The van der Waals surface area contributed by atoms with Crippen molar-refractivity contribution in [1.29, 1.82) is 0 Å². The summed E-state index contributed by atoms with van der Waals surface area (Å²) in [4.78, 5) is 27.2. The number of methoxy groups -OCH3 is 1. The molecule has 3 aromatic carbocycles. The summed E-state index contributed by atoms with van der Waals surface area (Å²) in [6.45, 7) is 0.172. The van der Waals surface area contributed by atoms with E-state index in [9.17, 15) is 14.1 Å². The largest absolute Gasteiger partial charge is 0.612 e. The fourth-order valence-corrected chi connectivity index (χ4v) is 4.63. The molecule has 1 unspecified atom stereocenters. The van der Waals surface area contributed by atoms with Crippen LogP contribution < -0.4 is 5.56 Å². The van der Waals surface area contributed by atoms with Gasteiger partial charge in [0.2, 0.25) is 0 Å². The number of aromatic nitrogens is 1. The average Bonchev–Trinajstić information content (AvgIpc) is 2.80. The van der Waals surface area contributed by atoms with Gasteiger partial charge in [0.15, 0.2) is 4.90 Å². The molecule has 0 spiro atoms. The summed E-state index contributed by atoms with van der Waals surface area (Å²) in [6.07, 6.45) is 1.61. The molecule has 4 rings (SSSR count). The average molecular weight is 510 g/mol. The Bertz CT molecular complexity index is 1350. The first-order valence-electron chi connectivity index (χ1n) is 9.83. The number of hydrogen-bond donors (Lipinski definition) is 0. The summed E-state index contributed by atoms with van der Waals surface area (Å²) in [5.41, 5.74) is 2.16. The lowest BCUT2D eigenvalue weighted by atomic mass is 9.96. The summed E-state index contributed by atoms with van der Waals surface area (Å²) in [7, 11) is 1.31. The second-order valence-electron chi connectivity index (χ2n) is 7.26. The smallest absolute Gasteiger partial charge is 0.355 e. The van der Waals surface area contributed by atoms with Crippen LogP contribution in [0.25, 0.3) is 21.9 Å². The van der Waals surface area contributed by atoms with E-state index >= 15 is 0 Å². The minimum absolute atomic E-state index is 0.172. The van der Waals surface area contributed by atoms with Crippen LogP contribution in [0, 0.1) is 0 Å². The van der Waals surface area contributed by atoms with E-state index in [1.165, 1.54) is 11.7 Å². The highest BCUT2D eigenvalue weighted by Gasteiger charge is 2.24. The third kappa shape index (κ3) is 4.24. The van der Waals surface area contributed by atoms with Gasteiger partial charge in [0.1, 0.15) is 11.9 Å². The summed E-state index contributed by atoms with van der Waals surface area (Å²) in [6, 6.07) is 22.1. The summed E-state index contributed by atoms with van der Waals surface area (Å²) < 4.78 is 19.1. The number of esters is 1. The molecule has 0 amide bonds. The van der Waals surface area contributed by atoms with E-state index in [1.54, 1.807) is 24.5 Å². The summed E-state index contributed by atoms with van der Waals surface area (Å²) in [5, 5.41) is 1.18. The van der Waals surface area contributed by atoms with E-state index in [4.69, 9.17) is 4.74 Å². The van der Waals surface area contributed by atoms with Gasteiger partial charge in [-0.2, -0.15) is 0 Å². The van der Waals surface area contributed by atoms with Crippen molar-refractivity contribution in [2.75, 3.05) is 13.4 Å². The lowest BCUT2D eigenvalue weighted by Gasteiger charge is -2.19. The van der Waals surface area contributed by atoms with Gasteiger partial charge in [0.25, 0.3) is 5.56 Å². The van der Waals surface area contributed by atoms with E-state index in [0.717, 1.165) is 15.6 Å². The fraction of sp³-hybridized carbons (Fsp3) is 0.120. The number of carbonyl (C=O) groups is 1. The van der Waals surface area contributed by atoms with Crippen LogP contribution in [0.15, 0.2) is 87.0 Å². The zero-order valence-corrected chi connectivity index (χ0v) is 19.9. The number of rotatable bonds is 5. The first kappa shape index (κ1) is 22.3. The van der Waals surface area contributed by atoms with Gasteiger partial charge in [0.05, 0.1) is 13.7 Å². The Morgan fingerprint density at radius 2 is 1.72 bits per heavy atom. The topological polar surface area (TPSA) is 71.4 Å². The zero-order valence-electron chi connectivity index (χ0n) is 17.5. The third-order valence-corrected chi connectivity index (χ3v) is 6.70. The van der Waals surface area contributed by atoms with E-state index in [2.05, 4.69) is 15.9 Å². The first-order valence-corrected chi connectivity index (χ1v) is 12.2. The predicted molar refractivity (Wildman–Crippen MR) is 131 cm³/mol. The molecule has 7 heteroatoms. The monoisotopic (exact) mass is 509 g/mol. The van der Waals surface area contributed by atoms with Crippen molar-refractivity contribution < 1.29 is 14.1 Å². The molecule has 1 heterocycles. The van der Waals surface area contributed by atoms with Gasteiger partial charge >= 0.3 is 5.97 Å². The zero-order chi connectivity index (χ0) is 22.8. The number of benzene rings is 3. The van der Waals surface area contributed by atoms with E-state index in [-0.39, 0.29) is 17.8 Å². The third-order valence-electron chi connectivity index (χ3n) is 5.27. The molecule has 0 radical (unpaired) electrons. The van der Waals surface area contributed by atoms with E-state index < -0.39 is 17.1 Å². The van der Waals surface area contributed by atoms with Gasteiger partial charge in [0, 0.05) is 15.4 Å². The van der Waals surface area contributed by atoms with E-state index in [0.29, 0.717) is 21.2 Å². The standard InChI is InChI=1S/C25H20BrNO4S/c1-31-25(29)23-22(17-6-4-3-5-7-17)21-14-18(26)10-13-20(21)24(28)27(23)15-16-8-11-19(12-9-16)32(2)30/h3-14H,15H2,1-2H3. The Morgan fingerprint density at radius 3 is 2.34 bits per heavy atom. The maximum absolute atomic E-state index is 13.5. The van der Waals surface area contributed by atoms with Gasteiger partial charge in [-0.3, -0.25) is 9.36 Å². The van der Waals surface area contributed by atoms with Crippen LogP contribution in [0.2, 0.25) is 0 Å². The maximum Gasteiger partial charge on any atom is 0.355 e. The molecule has 162 valence electrons. The molecule has 5 nitrogen and oxygen atoms in total. The predicted octanol–water partition coefficient (Wildman–Crippen LogP) is 5.00.